The van der Waals surface area contributed by atoms with E-state index in [0.29, 0.717) is 5.56 Å². The van der Waals surface area contributed by atoms with E-state index in [1.807, 2.05) is 5.32 Å². The van der Waals surface area contributed by atoms with Crippen LogP contribution in [0.25, 0.3) is 0 Å². The van der Waals surface area contributed by atoms with Gasteiger partial charge in [0.05, 0.1) is 6.42 Å². The summed E-state index contributed by atoms with van der Waals surface area (Å²) in [5, 5.41) is 19.3. The predicted octanol–water partition coefficient (Wildman–Crippen LogP) is 0.470. The van der Waals surface area contributed by atoms with Gasteiger partial charge in [0, 0.05) is 11.6 Å². The maximum Gasteiger partial charge on any atom is 0.326 e. The van der Waals surface area contributed by atoms with Crippen molar-refractivity contribution in [1.29, 1.82) is 0 Å². The Bertz CT molecular complexity index is 578. The largest absolute Gasteiger partial charge is 0.481 e. The van der Waals surface area contributed by atoms with E-state index < -0.39 is 36.1 Å². The topological polar surface area (TPSA) is 121 Å². The molecule has 0 heterocycles. The van der Waals surface area contributed by atoms with Crippen molar-refractivity contribution in [3.8, 4) is 0 Å². The van der Waals surface area contributed by atoms with Gasteiger partial charge in [-0.25, -0.2) is 4.79 Å². The lowest BCUT2D eigenvalue weighted by Crippen LogP contribution is -2.41. The SMILES string of the molecule is O=C(O)C[C@H](NC(=O)C=CC(=O)c1ccccc1)C(=O)O. The van der Waals surface area contributed by atoms with E-state index in [1.54, 1.807) is 30.3 Å². The highest BCUT2D eigenvalue weighted by molar-refractivity contribution is 6.07. The number of carboxylic acids is 2. The first-order chi connectivity index (χ1) is 9.90. The Kier molecular flexibility index (Phi) is 5.81. The average Bonchev–Trinajstić information content (AvgIpc) is 2.44. The lowest BCUT2D eigenvalue weighted by atomic mass is 10.1. The Labute approximate surface area is 119 Å². The molecule has 7 heteroatoms. The van der Waals surface area contributed by atoms with Crippen LogP contribution in [0.2, 0.25) is 0 Å². The Balaban J connectivity index is 2.63. The summed E-state index contributed by atoms with van der Waals surface area (Å²) in [5.41, 5.74) is 0.377. The molecule has 0 aliphatic heterocycles. The minimum Gasteiger partial charge on any atom is -0.481 e. The highest BCUT2D eigenvalue weighted by Crippen LogP contribution is 2.01. The minimum absolute atomic E-state index is 0.377. The number of hydrogen-bond donors (Lipinski definition) is 3. The minimum atomic E-state index is -1.55. The van der Waals surface area contributed by atoms with E-state index in [0.717, 1.165) is 12.2 Å². The molecule has 1 aromatic carbocycles. The quantitative estimate of drug-likeness (QED) is 0.496. The molecule has 110 valence electrons. The summed E-state index contributed by atoms with van der Waals surface area (Å²) >= 11 is 0. The molecule has 1 atom stereocenters. The fourth-order valence-corrected chi connectivity index (χ4v) is 1.44. The Morgan fingerprint density at radius 3 is 2.19 bits per heavy atom. The third-order valence-corrected chi connectivity index (χ3v) is 2.44. The van der Waals surface area contributed by atoms with Gasteiger partial charge in [-0.2, -0.15) is 0 Å². The van der Waals surface area contributed by atoms with E-state index in [2.05, 4.69) is 0 Å². The molecule has 1 rings (SSSR count). The van der Waals surface area contributed by atoms with Gasteiger partial charge in [-0.3, -0.25) is 14.4 Å². The van der Waals surface area contributed by atoms with Crippen LogP contribution in [0.15, 0.2) is 42.5 Å². The molecule has 0 aliphatic carbocycles. The zero-order chi connectivity index (χ0) is 15.8. The van der Waals surface area contributed by atoms with Gasteiger partial charge in [0.15, 0.2) is 5.78 Å². The zero-order valence-electron chi connectivity index (χ0n) is 10.9. The number of aliphatic carboxylic acids is 2. The van der Waals surface area contributed by atoms with Crippen molar-refractivity contribution >= 4 is 23.6 Å². The fourth-order valence-electron chi connectivity index (χ4n) is 1.44. The number of amides is 1. The van der Waals surface area contributed by atoms with E-state index >= 15 is 0 Å². The van der Waals surface area contributed by atoms with Crippen LogP contribution in [-0.2, 0) is 14.4 Å². The first kappa shape index (κ1) is 16.1. The highest BCUT2D eigenvalue weighted by atomic mass is 16.4. The fraction of sp³-hybridized carbons (Fsp3) is 0.143. The third kappa shape index (κ3) is 5.68. The number of benzene rings is 1. The van der Waals surface area contributed by atoms with E-state index in [4.69, 9.17) is 10.2 Å². The van der Waals surface area contributed by atoms with Crippen molar-refractivity contribution in [2.24, 2.45) is 0 Å². The number of carboxylic acid groups (broad SMARTS) is 2. The van der Waals surface area contributed by atoms with Crippen LogP contribution in [0.5, 0.6) is 0 Å². The molecule has 7 nitrogen and oxygen atoms in total. The second kappa shape index (κ2) is 7.59. The van der Waals surface area contributed by atoms with Gasteiger partial charge in [-0.1, -0.05) is 30.3 Å². The molecule has 0 saturated heterocycles. The number of ketones is 1. The van der Waals surface area contributed by atoms with Crippen LogP contribution in [-0.4, -0.2) is 39.9 Å². The molecule has 0 radical (unpaired) electrons. The summed E-state index contributed by atoms with van der Waals surface area (Å²) in [6.45, 7) is 0. The molecule has 0 fully saturated rings. The van der Waals surface area contributed by atoms with Gasteiger partial charge in [0.2, 0.25) is 5.91 Å². The molecule has 3 N–H and O–H groups in total. The van der Waals surface area contributed by atoms with Gasteiger partial charge >= 0.3 is 11.9 Å². The summed E-state index contributed by atoms with van der Waals surface area (Å²) in [6, 6.07) is 6.63. The average molecular weight is 291 g/mol. The normalized spacial score (nSPS) is 11.8. The Morgan fingerprint density at radius 2 is 1.67 bits per heavy atom. The molecule has 21 heavy (non-hydrogen) atoms. The van der Waals surface area contributed by atoms with Crippen LogP contribution in [0, 0.1) is 0 Å². The number of nitrogens with one attached hydrogen (secondary N) is 1. The molecule has 1 aromatic rings. The number of carbonyl (C=O) groups is 4. The lowest BCUT2D eigenvalue weighted by molar-refractivity contribution is -0.146. The lowest BCUT2D eigenvalue weighted by Gasteiger charge is -2.10. The van der Waals surface area contributed by atoms with E-state index in [9.17, 15) is 19.2 Å². The predicted molar refractivity (Wildman–Crippen MR) is 71.7 cm³/mol. The van der Waals surface area contributed by atoms with Crippen LogP contribution >= 0.6 is 0 Å². The van der Waals surface area contributed by atoms with Gasteiger partial charge in [-0.15, -0.1) is 0 Å². The Hall–Kier alpha value is -2.96. The number of allylic oxidation sites excluding steroid dienone is 1. The van der Waals surface area contributed by atoms with E-state index in [1.165, 1.54) is 0 Å². The zero-order valence-corrected chi connectivity index (χ0v) is 10.9. The van der Waals surface area contributed by atoms with E-state index in [-0.39, 0.29) is 0 Å². The van der Waals surface area contributed by atoms with Crippen molar-refractivity contribution in [2.75, 3.05) is 0 Å². The second-order valence-electron chi connectivity index (χ2n) is 4.06. The summed E-state index contributed by atoms with van der Waals surface area (Å²) in [6.07, 6.45) is 1.11. The maximum atomic E-state index is 11.7. The number of rotatable bonds is 7. The van der Waals surface area contributed by atoms with Gasteiger partial charge in [0.1, 0.15) is 6.04 Å². The number of carbonyl (C=O) groups excluding carboxylic acids is 2. The van der Waals surface area contributed by atoms with Gasteiger partial charge in [0.25, 0.3) is 0 Å². The van der Waals surface area contributed by atoms with Crippen molar-refractivity contribution in [3.05, 3.63) is 48.0 Å². The molecule has 1 amide bonds. The third-order valence-electron chi connectivity index (χ3n) is 2.44. The van der Waals surface area contributed by atoms with Crippen molar-refractivity contribution in [2.45, 2.75) is 12.5 Å². The van der Waals surface area contributed by atoms with Crippen molar-refractivity contribution in [1.82, 2.24) is 5.32 Å². The van der Waals surface area contributed by atoms with Crippen LogP contribution in [0.4, 0.5) is 0 Å². The smallest absolute Gasteiger partial charge is 0.326 e. The summed E-state index contributed by atoms with van der Waals surface area (Å²) in [7, 11) is 0. The number of hydrogen-bond acceptors (Lipinski definition) is 4. The Morgan fingerprint density at radius 1 is 1.05 bits per heavy atom. The standard InChI is InChI=1S/C14H13NO6/c16-11(9-4-2-1-3-5-9)6-7-12(17)15-10(14(20)21)8-13(18)19/h1-7,10H,8H2,(H,15,17)(H,18,19)(H,20,21)/t10-/m0/s1. The molecule has 0 bridgehead atoms. The van der Waals surface area contributed by atoms with Crippen LogP contribution in [0.3, 0.4) is 0 Å². The van der Waals surface area contributed by atoms with Crippen LogP contribution < -0.4 is 5.32 Å². The summed E-state index contributed by atoms with van der Waals surface area (Å²) in [4.78, 5) is 44.4. The molecular formula is C14H13NO6. The molecule has 0 spiro atoms. The van der Waals surface area contributed by atoms with Crippen molar-refractivity contribution in [3.63, 3.8) is 0 Å². The first-order valence-corrected chi connectivity index (χ1v) is 5.92. The molecule has 0 aromatic heterocycles. The molecule has 0 unspecified atom stereocenters. The monoisotopic (exact) mass is 291 g/mol. The van der Waals surface area contributed by atoms with Gasteiger partial charge < -0.3 is 15.5 Å². The molecule has 0 aliphatic rings. The second-order valence-corrected chi connectivity index (χ2v) is 4.06. The maximum absolute atomic E-state index is 11.7. The summed E-state index contributed by atoms with van der Waals surface area (Å²) < 4.78 is 0. The van der Waals surface area contributed by atoms with Gasteiger partial charge in [-0.05, 0) is 6.08 Å². The van der Waals surface area contributed by atoms with Crippen LogP contribution in [0.1, 0.15) is 16.8 Å². The molecule has 0 saturated carbocycles. The summed E-state index contributed by atoms with van der Waals surface area (Å²) in [5.74, 6) is -4.09. The molecular weight excluding hydrogens is 278 g/mol. The first-order valence-electron chi connectivity index (χ1n) is 5.92. The highest BCUT2D eigenvalue weighted by Gasteiger charge is 2.22. The van der Waals surface area contributed by atoms with Crippen molar-refractivity contribution < 1.29 is 29.4 Å².